The van der Waals surface area contributed by atoms with Gasteiger partial charge in [0.15, 0.2) is 0 Å². The van der Waals surface area contributed by atoms with Gasteiger partial charge < -0.3 is 10.1 Å². The molecule has 0 aliphatic heterocycles. The lowest BCUT2D eigenvalue weighted by Gasteiger charge is -2.37. The van der Waals surface area contributed by atoms with E-state index in [1.165, 1.54) is 0 Å². The Labute approximate surface area is 132 Å². The first kappa shape index (κ1) is 15.1. The summed E-state index contributed by atoms with van der Waals surface area (Å²) in [4.78, 5) is 13.0. The molecule has 2 saturated carbocycles. The largest absolute Gasteiger partial charge is 0.495 e. The van der Waals surface area contributed by atoms with Gasteiger partial charge in [-0.05, 0) is 55.2 Å². The van der Waals surface area contributed by atoms with Crippen LogP contribution < -0.4 is 10.1 Å². The van der Waals surface area contributed by atoms with Crippen LogP contribution in [0.25, 0.3) is 0 Å². The quantitative estimate of drug-likeness (QED) is 0.844. The number of amides is 1. The summed E-state index contributed by atoms with van der Waals surface area (Å²) in [6.45, 7) is 10.8. The number of carbonyl (C=O) groups excluding carboxylic acids is 1. The summed E-state index contributed by atoms with van der Waals surface area (Å²) < 4.78 is 5.37. The van der Waals surface area contributed by atoms with Gasteiger partial charge in [0.05, 0.1) is 18.2 Å². The number of ether oxygens (including phenoxy) is 1. The topological polar surface area (TPSA) is 38.3 Å². The predicted molar refractivity (Wildman–Crippen MR) is 89.1 cm³/mol. The van der Waals surface area contributed by atoms with E-state index in [2.05, 4.69) is 25.7 Å². The zero-order chi connectivity index (χ0) is 16.1. The van der Waals surface area contributed by atoms with Crippen LogP contribution in [-0.2, 0) is 4.79 Å². The summed E-state index contributed by atoms with van der Waals surface area (Å²) in [6, 6.07) is 5.84. The lowest BCUT2D eigenvalue weighted by molar-refractivity contribution is -0.123. The third kappa shape index (κ3) is 1.98. The van der Waals surface area contributed by atoms with Crippen LogP contribution in [0.4, 0.5) is 5.69 Å². The number of fused-ring (bicyclic) bond motifs is 2. The molecular formula is C19H25NO2. The fourth-order valence-electron chi connectivity index (χ4n) is 4.30. The van der Waals surface area contributed by atoms with E-state index in [1.54, 1.807) is 7.11 Å². The van der Waals surface area contributed by atoms with Crippen molar-refractivity contribution in [2.45, 2.75) is 40.0 Å². The Bertz CT molecular complexity index is 647. The third-order valence-corrected chi connectivity index (χ3v) is 5.93. The fraction of sp³-hybridized carbons (Fsp3) is 0.526. The Morgan fingerprint density at radius 2 is 2.14 bits per heavy atom. The molecule has 0 radical (unpaired) electrons. The Kier molecular flexibility index (Phi) is 3.35. The van der Waals surface area contributed by atoms with Crippen molar-refractivity contribution in [3.05, 3.63) is 35.9 Å². The molecule has 0 saturated heterocycles. The second kappa shape index (κ2) is 4.87. The highest BCUT2D eigenvalue weighted by Gasteiger charge is 2.60. The minimum Gasteiger partial charge on any atom is -0.495 e. The second-order valence-electron chi connectivity index (χ2n) is 7.38. The highest BCUT2D eigenvalue weighted by molar-refractivity contribution is 5.99. The summed E-state index contributed by atoms with van der Waals surface area (Å²) in [5, 5.41) is 3.11. The molecule has 1 aromatic carbocycles. The minimum absolute atomic E-state index is 0.0618. The number of rotatable bonds is 3. The van der Waals surface area contributed by atoms with E-state index in [0.717, 1.165) is 36.1 Å². The Hall–Kier alpha value is -1.77. The molecule has 0 unspecified atom stereocenters. The number of hydrogen-bond donors (Lipinski definition) is 1. The number of aryl methyl sites for hydroxylation is 1. The third-order valence-electron chi connectivity index (χ3n) is 5.93. The van der Waals surface area contributed by atoms with Gasteiger partial charge in [0.1, 0.15) is 5.75 Å². The summed E-state index contributed by atoms with van der Waals surface area (Å²) in [5.41, 5.74) is 2.61. The van der Waals surface area contributed by atoms with E-state index >= 15 is 0 Å². The highest BCUT2D eigenvalue weighted by atomic mass is 16.5. The number of anilines is 1. The van der Waals surface area contributed by atoms with Crippen molar-refractivity contribution >= 4 is 11.6 Å². The molecule has 3 rings (SSSR count). The summed E-state index contributed by atoms with van der Waals surface area (Å²) in [6.07, 6.45) is 2.96. The first-order valence-electron chi connectivity index (χ1n) is 7.97. The molecule has 0 heterocycles. The molecule has 3 nitrogen and oxygen atoms in total. The van der Waals surface area contributed by atoms with Gasteiger partial charge in [0.25, 0.3) is 0 Å². The van der Waals surface area contributed by atoms with E-state index < -0.39 is 5.41 Å². The molecule has 118 valence electrons. The van der Waals surface area contributed by atoms with Gasteiger partial charge >= 0.3 is 0 Å². The van der Waals surface area contributed by atoms with Crippen LogP contribution in [0.15, 0.2) is 30.4 Å². The highest BCUT2D eigenvalue weighted by Crippen LogP contribution is 2.65. The Morgan fingerprint density at radius 1 is 1.41 bits per heavy atom. The number of nitrogens with one attached hydrogen (secondary N) is 1. The van der Waals surface area contributed by atoms with E-state index in [0.29, 0.717) is 11.7 Å². The van der Waals surface area contributed by atoms with Gasteiger partial charge in [-0.15, -0.1) is 0 Å². The zero-order valence-corrected chi connectivity index (χ0v) is 14.0. The molecule has 22 heavy (non-hydrogen) atoms. The molecule has 1 N–H and O–H groups in total. The van der Waals surface area contributed by atoms with Crippen LogP contribution in [0.2, 0.25) is 0 Å². The van der Waals surface area contributed by atoms with Crippen molar-refractivity contribution < 1.29 is 9.53 Å². The molecule has 0 spiro atoms. The van der Waals surface area contributed by atoms with E-state index in [1.807, 2.05) is 25.1 Å². The van der Waals surface area contributed by atoms with Gasteiger partial charge in [-0.3, -0.25) is 4.79 Å². The van der Waals surface area contributed by atoms with Crippen LogP contribution in [0, 0.1) is 23.7 Å². The van der Waals surface area contributed by atoms with Gasteiger partial charge in [-0.2, -0.15) is 0 Å². The van der Waals surface area contributed by atoms with E-state index in [9.17, 15) is 4.79 Å². The lowest BCUT2D eigenvalue weighted by atomic mass is 9.68. The monoisotopic (exact) mass is 299 g/mol. The molecule has 2 aliphatic carbocycles. The Morgan fingerprint density at radius 3 is 2.73 bits per heavy atom. The van der Waals surface area contributed by atoms with Gasteiger partial charge in [0.2, 0.25) is 5.91 Å². The molecule has 2 bridgehead atoms. The number of methoxy groups -OCH3 is 1. The molecule has 1 aromatic rings. The second-order valence-corrected chi connectivity index (χ2v) is 7.38. The van der Waals surface area contributed by atoms with E-state index in [4.69, 9.17) is 4.74 Å². The van der Waals surface area contributed by atoms with Gasteiger partial charge in [-0.25, -0.2) is 0 Å². The zero-order valence-electron chi connectivity index (χ0n) is 14.0. The number of hydrogen-bond acceptors (Lipinski definition) is 2. The van der Waals surface area contributed by atoms with Crippen LogP contribution in [0.3, 0.4) is 0 Å². The first-order chi connectivity index (χ1) is 10.3. The molecular weight excluding hydrogens is 274 g/mol. The molecule has 2 fully saturated rings. The summed E-state index contributed by atoms with van der Waals surface area (Å²) in [7, 11) is 1.63. The van der Waals surface area contributed by atoms with Crippen molar-refractivity contribution in [1.29, 1.82) is 0 Å². The number of benzene rings is 1. The molecule has 0 aromatic heterocycles. The first-order valence-corrected chi connectivity index (χ1v) is 7.97. The molecule has 2 aliphatic rings. The SMILES string of the molecule is C=C1C(C)(C)[C@H]2CC[C@]1(C(=O)Nc1cc(C)ccc1OC)C2. The van der Waals surface area contributed by atoms with Crippen molar-refractivity contribution in [3.8, 4) is 5.75 Å². The van der Waals surface area contributed by atoms with Gasteiger partial charge in [-0.1, -0.05) is 32.1 Å². The predicted octanol–water partition coefficient (Wildman–Crippen LogP) is 4.32. The average Bonchev–Trinajstić information content (AvgIpc) is 2.99. The van der Waals surface area contributed by atoms with Crippen LogP contribution in [-0.4, -0.2) is 13.0 Å². The maximum absolute atomic E-state index is 13.0. The van der Waals surface area contributed by atoms with Crippen molar-refractivity contribution in [1.82, 2.24) is 0 Å². The van der Waals surface area contributed by atoms with Crippen molar-refractivity contribution in [2.24, 2.45) is 16.7 Å². The van der Waals surface area contributed by atoms with Crippen LogP contribution in [0.5, 0.6) is 5.75 Å². The fourth-order valence-corrected chi connectivity index (χ4v) is 4.30. The van der Waals surface area contributed by atoms with Crippen molar-refractivity contribution in [2.75, 3.05) is 12.4 Å². The Balaban J connectivity index is 1.90. The summed E-state index contributed by atoms with van der Waals surface area (Å²) in [5.74, 6) is 1.35. The van der Waals surface area contributed by atoms with Crippen molar-refractivity contribution in [3.63, 3.8) is 0 Å². The van der Waals surface area contributed by atoms with Crippen LogP contribution >= 0.6 is 0 Å². The number of carbonyl (C=O) groups is 1. The molecule has 1 amide bonds. The lowest BCUT2D eigenvalue weighted by Crippen LogP contribution is -2.37. The summed E-state index contributed by atoms with van der Waals surface area (Å²) >= 11 is 0. The molecule has 2 atom stereocenters. The van der Waals surface area contributed by atoms with Gasteiger partial charge in [0, 0.05) is 0 Å². The average molecular weight is 299 g/mol. The smallest absolute Gasteiger partial charge is 0.234 e. The molecule has 3 heteroatoms. The van der Waals surface area contributed by atoms with E-state index in [-0.39, 0.29) is 11.3 Å². The maximum Gasteiger partial charge on any atom is 0.234 e. The maximum atomic E-state index is 13.0. The standard InChI is InChI=1S/C19H25NO2/c1-12-6-7-16(22-5)15(10-12)20-17(21)19-9-8-14(11-19)18(3,4)13(19)2/h6-7,10,14H,2,8-9,11H2,1,3-5H3,(H,20,21)/t14-,19-/m0/s1. The van der Waals surface area contributed by atoms with Crippen LogP contribution in [0.1, 0.15) is 38.7 Å². The normalized spacial score (nSPS) is 28.7. The minimum atomic E-state index is -0.400.